The van der Waals surface area contributed by atoms with Gasteiger partial charge in [0.2, 0.25) is 0 Å². The van der Waals surface area contributed by atoms with E-state index in [4.69, 9.17) is 5.73 Å². The summed E-state index contributed by atoms with van der Waals surface area (Å²) in [5, 5.41) is 2.66. The number of hydrogen-bond donors (Lipinski definition) is 2. The molecule has 0 saturated heterocycles. The lowest BCUT2D eigenvalue weighted by Crippen LogP contribution is -2.10. The molecule has 6 heteroatoms. The fraction of sp³-hybridized carbons (Fsp3) is 0.154. The third-order valence-corrected chi connectivity index (χ3v) is 2.60. The first-order chi connectivity index (χ1) is 9.08. The van der Waals surface area contributed by atoms with Crippen LogP contribution in [0.3, 0.4) is 0 Å². The minimum absolute atomic E-state index is 0.143. The van der Waals surface area contributed by atoms with E-state index in [1.54, 1.807) is 18.2 Å². The second-order valence-electron chi connectivity index (χ2n) is 3.95. The van der Waals surface area contributed by atoms with Crippen molar-refractivity contribution in [3.63, 3.8) is 0 Å². The molecule has 0 unspecified atom stereocenters. The highest BCUT2D eigenvalue weighted by molar-refractivity contribution is 5.44. The summed E-state index contributed by atoms with van der Waals surface area (Å²) in [5.74, 6) is -2.58. The van der Waals surface area contributed by atoms with Crippen molar-refractivity contribution < 1.29 is 13.2 Å². The maximum Gasteiger partial charge on any atom is 0.168 e. The Kier molecular flexibility index (Phi) is 3.89. The van der Waals surface area contributed by atoms with Crippen molar-refractivity contribution >= 4 is 11.6 Å². The van der Waals surface area contributed by atoms with Crippen molar-refractivity contribution in [1.82, 2.24) is 4.98 Å². The molecule has 0 radical (unpaired) electrons. The van der Waals surface area contributed by atoms with Gasteiger partial charge in [-0.3, -0.25) is 0 Å². The minimum atomic E-state index is -0.905. The fourth-order valence-electron chi connectivity index (χ4n) is 1.62. The van der Waals surface area contributed by atoms with E-state index in [-0.39, 0.29) is 24.0 Å². The van der Waals surface area contributed by atoms with E-state index in [2.05, 4.69) is 10.3 Å². The number of hydrogen-bond acceptors (Lipinski definition) is 3. The summed E-state index contributed by atoms with van der Waals surface area (Å²) in [6.45, 7) is 0.260. The zero-order valence-corrected chi connectivity index (χ0v) is 9.96. The van der Waals surface area contributed by atoms with Crippen LogP contribution in [0.5, 0.6) is 0 Å². The van der Waals surface area contributed by atoms with Crippen LogP contribution in [0.2, 0.25) is 0 Å². The highest BCUT2D eigenvalue weighted by atomic mass is 19.1. The number of nitrogen functional groups attached to an aromatic ring is 1. The highest BCUT2D eigenvalue weighted by Crippen LogP contribution is 2.16. The van der Waals surface area contributed by atoms with Crippen molar-refractivity contribution in [2.24, 2.45) is 0 Å². The SMILES string of the molecule is Nc1nc(NCCc2ccccc2F)c(F)cc1F. The zero-order valence-electron chi connectivity index (χ0n) is 9.96. The summed E-state index contributed by atoms with van der Waals surface area (Å²) in [6.07, 6.45) is 0.352. The topological polar surface area (TPSA) is 50.9 Å². The Morgan fingerprint density at radius 1 is 1.05 bits per heavy atom. The highest BCUT2D eigenvalue weighted by Gasteiger charge is 2.09. The number of nitrogens with two attached hydrogens (primary N) is 1. The average Bonchev–Trinajstić information content (AvgIpc) is 2.38. The van der Waals surface area contributed by atoms with Gasteiger partial charge in [0.05, 0.1) is 0 Å². The van der Waals surface area contributed by atoms with Crippen LogP contribution in [0.1, 0.15) is 5.56 Å². The van der Waals surface area contributed by atoms with Gasteiger partial charge in [-0.05, 0) is 18.1 Å². The standard InChI is InChI=1S/C13H12F3N3/c14-9-4-2-1-3-8(9)5-6-18-13-11(16)7-10(15)12(17)19-13/h1-4,7H,5-6H2,(H3,17,18,19). The molecule has 19 heavy (non-hydrogen) atoms. The number of rotatable bonds is 4. The molecule has 1 aromatic heterocycles. The summed E-state index contributed by atoms with van der Waals surface area (Å²) in [6, 6.07) is 6.96. The second-order valence-corrected chi connectivity index (χ2v) is 3.95. The molecule has 0 bridgehead atoms. The van der Waals surface area contributed by atoms with E-state index in [1.165, 1.54) is 6.07 Å². The second kappa shape index (κ2) is 5.60. The van der Waals surface area contributed by atoms with Gasteiger partial charge in [0.15, 0.2) is 23.3 Å². The smallest absolute Gasteiger partial charge is 0.168 e. The van der Waals surface area contributed by atoms with E-state index >= 15 is 0 Å². The van der Waals surface area contributed by atoms with Crippen LogP contribution < -0.4 is 11.1 Å². The van der Waals surface area contributed by atoms with Gasteiger partial charge in [0, 0.05) is 12.6 Å². The van der Waals surface area contributed by atoms with Crippen molar-refractivity contribution in [2.45, 2.75) is 6.42 Å². The molecule has 0 aliphatic carbocycles. The van der Waals surface area contributed by atoms with Crippen molar-refractivity contribution in [2.75, 3.05) is 17.6 Å². The Labute approximate surface area is 108 Å². The maximum atomic E-state index is 13.3. The van der Waals surface area contributed by atoms with Crippen LogP contribution in [0.4, 0.5) is 24.8 Å². The van der Waals surface area contributed by atoms with Crippen LogP contribution in [0, 0.1) is 17.5 Å². The number of anilines is 2. The number of benzene rings is 1. The van der Waals surface area contributed by atoms with Gasteiger partial charge < -0.3 is 11.1 Å². The molecule has 3 nitrogen and oxygen atoms in total. The predicted molar refractivity (Wildman–Crippen MR) is 67.2 cm³/mol. The minimum Gasteiger partial charge on any atom is -0.381 e. The van der Waals surface area contributed by atoms with E-state index < -0.39 is 11.6 Å². The Morgan fingerprint density at radius 3 is 2.53 bits per heavy atom. The quantitative estimate of drug-likeness (QED) is 0.895. The lowest BCUT2D eigenvalue weighted by Gasteiger charge is -2.08. The van der Waals surface area contributed by atoms with E-state index in [0.29, 0.717) is 18.1 Å². The van der Waals surface area contributed by atoms with Crippen molar-refractivity contribution in [3.05, 3.63) is 53.3 Å². The maximum absolute atomic E-state index is 13.3. The Hall–Kier alpha value is -2.24. The van der Waals surface area contributed by atoms with E-state index in [0.717, 1.165) is 0 Å². The monoisotopic (exact) mass is 267 g/mol. The van der Waals surface area contributed by atoms with Crippen LogP contribution in [0.25, 0.3) is 0 Å². The largest absolute Gasteiger partial charge is 0.381 e. The van der Waals surface area contributed by atoms with Crippen molar-refractivity contribution in [3.8, 4) is 0 Å². The molecular weight excluding hydrogens is 255 g/mol. The first-order valence-corrected chi connectivity index (χ1v) is 5.66. The predicted octanol–water partition coefficient (Wildman–Crippen LogP) is 2.74. The lowest BCUT2D eigenvalue weighted by molar-refractivity contribution is 0.579. The molecule has 1 heterocycles. The van der Waals surface area contributed by atoms with Gasteiger partial charge in [-0.15, -0.1) is 0 Å². The molecule has 0 aliphatic rings. The zero-order chi connectivity index (χ0) is 13.8. The molecule has 100 valence electrons. The Morgan fingerprint density at radius 2 is 1.79 bits per heavy atom. The Bertz CT molecular complexity index is 587. The Balaban J connectivity index is 2.00. The van der Waals surface area contributed by atoms with Gasteiger partial charge in [-0.2, -0.15) is 0 Å². The summed E-state index contributed by atoms with van der Waals surface area (Å²) < 4.78 is 39.6. The molecule has 2 aromatic rings. The average molecular weight is 267 g/mol. The van der Waals surface area contributed by atoms with Gasteiger partial charge in [0.25, 0.3) is 0 Å². The molecule has 1 aromatic carbocycles. The van der Waals surface area contributed by atoms with E-state index in [9.17, 15) is 13.2 Å². The molecule has 0 aliphatic heterocycles. The molecule has 0 atom stereocenters. The van der Waals surface area contributed by atoms with Crippen LogP contribution >= 0.6 is 0 Å². The molecule has 3 N–H and O–H groups in total. The third kappa shape index (κ3) is 3.15. The third-order valence-electron chi connectivity index (χ3n) is 2.60. The van der Waals surface area contributed by atoms with Crippen LogP contribution in [0.15, 0.2) is 30.3 Å². The van der Waals surface area contributed by atoms with Gasteiger partial charge in [-0.25, -0.2) is 18.2 Å². The number of nitrogens with zero attached hydrogens (tertiary/aromatic N) is 1. The molecule has 0 saturated carbocycles. The number of aromatic nitrogens is 1. The van der Waals surface area contributed by atoms with Gasteiger partial charge >= 0.3 is 0 Å². The number of pyridine rings is 1. The van der Waals surface area contributed by atoms with Crippen LogP contribution in [-0.4, -0.2) is 11.5 Å². The molecule has 0 spiro atoms. The summed E-state index contributed by atoms with van der Waals surface area (Å²) >= 11 is 0. The summed E-state index contributed by atoms with van der Waals surface area (Å²) in [7, 11) is 0. The molecule has 0 fully saturated rings. The lowest BCUT2D eigenvalue weighted by atomic mass is 10.1. The van der Waals surface area contributed by atoms with Gasteiger partial charge in [0.1, 0.15) is 5.82 Å². The van der Waals surface area contributed by atoms with E-state index in [1.807, 2.05) is 0 Å². The normalized spacial score (nSPS) is 10.5. The van der Waals surface area contributed by atoms with Crippen LogP contribution in [-0.2, 0) is 6.42 Å². The summed E-state index contributed by atoms with van der Waals surface area (Å²) in [5.41, 5.74) is 5.75. The molecule has 2 rings (SSSR count). The van der Waals surface area contributed by atoms with Gasteiger partial charge in [-0.1, -0.05) is 18.2 Å². The summed E-state index contributed by atoms with van der Waals surface area (Å²) in [4.78, 5) is 3.55. The number of halogens is 3. The number of nitrogens with one attached hydrogen (secondary N) is 1. The van der Waals surface area contributed by atoms with Crippen molar-refractivity contribution in [1.29, 1.82) is 0 Å². The molecule has 0 amide bonds. The first kappa shape index (κ1) is 13.2. The fourth-order valence-corrected chi connectivity index (χ4v) is 1.62. The first-order valence-electron chi connectivity index (χ1n) is 5.66. The molecular formula is C13H12F3N3.